The minimum Gasteiger partial charge on any atom is -0.319 e. The highest BCUT2D eigenvalue weighted by Gasteiger charge is 2.38. The zero-order chi connectivity index (χ0) is 16.3. The third-order valence-electron chi connectivity index (χ3n) is 2.95. The Hall–Kier alpha value is -2.75. The molecule has 1 aromatic carbocycles. The van der Waals surface area contributed by atoms with Gasteiger partial charge in [0.05, 0.1) is 11.9 Å². The van der Waals surface area contributed by atoms with Crippen LogP contribution in [0.3, 0.4) is 0 Å². The average molecular weight is 307 g/mol. The predicted octanol–water partition coefficient (Wildman–Crippen LogP) is 3.16. The molecule has 0 spiro atoms. The summed E-state index contributed by atoms with van der Waals surface area (Å²) in [7, 11) is 0. The van der Waals surface area contributed by atoms with E-state index < -0.39 is 17.8 Å². The lowest BCUT2D eigenvalue weighted by atomic mass is 10.1. The Labute approximate surface area is 124 Å². The largest absolute Gasteiger partial charge is 0.435 e. The number of aryl methyl sites for hydroxylation is 1. The Balaban J connectivity index is 2.33. The number of carbonyl (C=O) groups is 1. The van der Waals surface area contributed by atoms with E-state index in [1.54, 1.807) is 12.1 Å². The van der Waals surface area contributed by atoms with E-state index in [0.29, 0.717) is 5.56 Å². The van der Waals surface area contributed by atoms with E-state index in [2.05, 4.69) is 16.3 Å². The lowest BCUT2D eigenvalue weighted by molar-refractivity contribution is -0.143. The molecular weight excluding hydrogens is 295 g/mol. The van der Waals surface area contributed by atoms with E-state index in [9.17, 15) is 18.0 Å². The molecule has 0 bridgehead atoms. The number of hydrogen-bond acceptors (Lipinski definition) is 2. The van der Waals surface area contributed by atoms with Gasteiger partial charge in [0.15, 0.2) is 5.69 Å². The lowest BCUT2D eigenvalue weighted by Crippen LogP contribution is -2.19. The quantitative estimate of drug-likeness (QED) is 0.886. The molecule has 0 fully saturated rings. The molecule has 0 saturated carbocycles. The fourth-order valence-electron chi connectivity index (χ4n) is 1.96. The number of amides is 1. The number of aromatic nitrogens is 2. The third-order valence-corrected chi connectivity index (χ3v) is 2.95. The molecule has 0 unspecified atom stereocenters. The lowest BCUT2D eigenvalue weighted by Gasteiger charge is -2.12. The van der Waals surface area contributed by atoms with E-state index in [1.165, 1.54) is 19.1 Å². The second kappa shape index (κ2) is 5.93. The fraction of sp³-hybridized carbons (Fsp3) is 0.200. The summed E-state index contributed by atoms with van der Waals surface area (Å²) in [6.45, 7) is 1.57. The van der Waals surface area contributed by atoms with Crippen molar-refractivity contribution in [1.82, 2.24) is 9.78 Å². The molecule has 7 heteroatoms. The van der Waals surface area contributed by atoms with Crippen LogP contribution in [0.2, 0.25) is 0 Å². The Bertz CT molecular complexity index is 741. The van der Waals surface area contributed by atoms with Gasteiger partial charge in [-0.25, -0.2) is 0 Å². The summed E-state index contributed by atoms with van der Waals surface area (Å²) in [5.41, 5.74) is -0.734. The number of nitrogens with zero attached hydrogens (tertiary/aromatic N) is 2. The van der Waals surface area contributed by atoms with Gasteiger partial charge in [0.2, 0.25) is 0 Å². The van der Waals surface area contributed by atoms with Crippen molar-refractivity contribution in [1.29, 1.82) is 0 Å². The van der Waals surface area contributed by atoms with Crippen molar-refractivity contribution in [2.45, 2.75) is 19.6 Å². The van der Waals surface area contributed by atoms with Crippen LogP contribution < -0.4 is 5.32 Å². The molecule has 2 rings (SSSR count). The Morgan fingerprint density at radius 3 is 2.77 bits per heavy atom. The number of terminal acetylenes is 1. The van der Waals surface area contributed by atoms with Crippen molar-refractivity contribution in [2.24, 2.45) is 0 Å². The monoisotopic (exact) mass is 307 g/mol. The maximum atomic E-state index is 13.1. The van der Waals surface area contributed by atoms with Crippen LogP contribution in [0.25, 0.3) is 0 Å². The second-order valence-electron chi connectivity index (χ2n) is 4.40. The molecule has 114 valence electrons. The molecule has 1 amide bonds. The van der Waals surface area contributed by atoms with E-state index in [4.69, 9.17) is 6.42 Å². The molecule has 4 nitrogen and oxygen atoms in total. The Morgan fingerprint density at radius 2 is 2.18 bits per heavy atom. The summed E-state index contributed by atoms with van der Waals surface area (Å²) < 4.78 is 40.0. The third kappa shape index (κ3) is 3.11. The number of benzene rings is 1. The predicted molar refractivity (Wildman–Crippen MR) is 75.2 cm³/mol. The summed E-state index contributed by atoms with van der Waals surface area (Å²) in [6.07, 6.45) is 1.60. The van der Waals surface area contributed by atoms with Crippen LogP contribution in [0.5, 0.6) is 0 Å². The van der Waals surface area contributed by atoms with Crippen molar-refractivity contribution in [2.75, 3.05) is 5.32 Å². The molecular formula is C15H12F3N3O. The first-order valence-electron chi connectivity index (χ1n) is 6.37. The van der Waals surface area contributed by atoms with Crippen LogP contribution in [0, 0.1) is 12.3 Å². The van der Waals surface area contributed by atoms with Gasteiger partial charge >= 0.3 is 6.18 Å². The molecule has 1 aromatic heterocycles. The van der Waals surface area contributed by atoms with Crippen molar-refractivity contribution >= 4 is 11.6 Å². The first-order valence-corrected chi connectivity index (χ1v) is 6.37. The van der Waals surface area contributed by atoms with Gasteiger partial charge in [-0.15, -0.1) is 6.42 Å². The molecule has 1 heterocycles. The van der Waals surface area contributed by atoms with Gasteiger partial charge in [0.1, 0.15) is 0 Å². The summed E-state index contributed by atoms with van der Waals surface area (Å²) in [4.78, 5) is 12.1. The zero-order valence-electron chi connectivity index (χ0n) is 11.6. The number of alkyl halides is 3. The van der Waals surface area contributed by atoms with Crippen LogP contribution in [-0.4, -0.2) is 15.7 Å². The molecule has 2 aromatic rings. The Morgan fingerprint density at radius 1 is 1.45 bits per heavy atom. The SMILES string of the molecule is C#Cc1cccc(C(=O)Nc2cnn(CC)c2C(F)(F)F)c1. The van der Waals surface area contributed by atoms with Gasteiger partial charge in [-0.3, -0.25) is 9.48 Å². The van der Waals surface area contributed by atoms with Gasteiger partial charge in [-0.1, -0.05) is 12.0 Å². The van der Waals surface area contributed by atoms with Crippen LogP contribution in [-0.2, 0) is 12.7 Å². The van der Waals surface area contributed by atoms with Crippen LogP contribution in [0.4, 0.5) is 18.9 Å². The summed E-state index contributed by atoms with van der Waals surface area (Å²) in [6, 6.07) is 6.07. The number of anilines is 1. The van der Waals surface area contributed by atoms with Crippen LogP contribution in [0.15, 0.2) is 30.5 Å². The highest BCUT2D eigenvalue weighted by molar-refractivity contribution is 6.04. The summed E-state index contributed by atoms with van der Waals surface area (Å²) >= 11 is 0. The molecule has 0 radical (unpaired) electrons. The van der Waals surface area contributed by atoms with Gasteiger partial charge in [0, 0.05) is 17.7 Å². The van der Waals surface area contributed by atoms with Crippen LogP contribution in [0.1, 0.15) is 28.5 Å². The van der Waals surface area contributed by atoms with Gasteiger partial charge in [-0.2, -0.15) is 18.3 Å². The maximum absolute atomic E-state index is 13.1. The normalized spacial score (nSPS) is 11.0. The topological polar surface area (TPSA) is 46.9 Å². The standard InChI is InChI=1S/C15H12F3N3O/c1-3-10-6-5-7-11(8-10)14(22)20-12-9-19-21(4-2)13(12)15(16,17)18/h1,5-9H,4H2,2H3,(H,20,22). The smallest absolute Gasteiger partial charge is 0.319 e. The van der Waals surface area contributed by atoms with Gasteiger partial charge < -0.3 is 5.32 Å². The first kappa shape index (κ1) is 15.6. The molecule has 0 aliphatic carbocycles. The Kier molecular flexibility index (Phi) is 4.22. The second-order valence-corrected chi connectivity index (χ2v) is 4.40. The summed E-state index contributed by atoms with van der Waals surface area (Å²) in [5.74, 6) is 1.68. The molecule has 0 atom stereocenters. The first-order chi connectivity index (χ1) is 10.4. The van der Waals surface area contributed by atoms with Crippen molar-refractivity contribution in [3.63, 3.8) is 0 Å². The zero-order valence-corrected chi connectivity index (χ0v) is 11.6. The molecule has 1 N–H and O–H groups in total. The molecule has 0 saturated heterocycles. The van der Waals surface area contributed by atoms with Crippen molar-refractivity contribution < 1.29 is 18.0 Å². The summed E-state index contributed by atoms with van der Waals surface area (Å²) in [5, 5.41) is 5.86. The minimum atomic E-state index is -4.62. The number of carbonyl (C=O) groups excluding carboxylic acids is 1. The molecule has 0 aliphatic heterocycles. The number of nitrogens with one attached hydrogen (secondary N) is 1. The molecule has 0 aliphatic rings. The maximum Gasteiger partial charge on any atom is 0.435 e. The number of hydrogen-bond donors (Lipinski definition) is 1. The number of rotatable bonds is 3. The average Bonchev–Trinajstić information content (AvgIpc) is 2.90. The van der Waals surface area contributed by atoms with E-state index in [0.717, 1.165) is 10.9 Å². The number of halogens is 3. The van der Waals surface area contributed by atoms with Crippen molar-refractivity contribution in [3.05, 3.63) is 47.3 Å². The van der Waals surface area contributed by atoms with E-state index >= 15 is 0 Å². The highest BCUT2D eigenvalue weighted by Crippen LogP contribution is 2.34. The van der Waals surface area contributed by atoms with Gasteiger partial charge in [-0.05, 0) is 25.1 Å². The fourth-order valence-corrected chi connectivity index (χ4v) is 1.96. The van der Waals surface area contributed by atoms with E-state index in [-0.39, 0.29) is 17.8 Å². The van der Waals surface area contributed by atoms with Crippen molar-refractivity contribution in [3.8, 4) is 12.3 Å². The van der Waals surface area contributed by atoms with Crippen LogP contribution >= 0.6 is 0 Å². The van der Waals surface area contributed by atoms with E-state index in [1.807, 2.05) is 0 Å². The van der Waals surface area contributed by atoms with Gasteiger partial charge in [0.25, 0.3) is 5.91 Å². The highest BCUT2D eigenvalue weighted by atomic mass is 19.4. The molecule has 22 heavy (non-hydrogen) atoms. The minimum absolute atomic E-state index is 0.0390.